The molecule has 0 saturated heterocycles. The van der Waals surface area contributed by atoms with Crippen molar-refractivity contribution in [2.24, 2.45) is 5.92 Å². The minimum absolute atomic E-state index is 0.0570. The number of nitrogens with zero attached hydrogens (tertiary/aromatic N) is 4. The first-order valence-corrected chi connectivity index (χ1v) is 7.84. The lowest BCUT2D eigenvalue weighted by Gasteiger charge is -2.11. The van der Waals surface area contributed by atoms with Crippen molar-refractivity contribution in [2.45, 2.75) is 53.6 Å². The minimum atomic E-state index is -0.0570. The monoisotopic (exact) mass is 303 g/mol. The Morgan fingerprint density at radius 1 is 1.41 bits per heavy atom. The van der Waals surface area contributed by atoms with Gasteiger partial charge in [-0.1, -0.05) is 20.8 Å². The van der Waals surface area contributed by atoms with Gasteiger partial charge in [0.2, 0.25) is 5.91 Å². The molecule has 2 heterocycles. The van der Waals surface area contributed by atoms with E-state index < -0.39 is 0 Å². The van der Waals surface area contributed by atoms with E-state index in [0.29, 0.717) is 5.92 Å². The lowest BCUT2D eigenvalue weighted by molar-refractivity contribution is -0.116. The predicted molar refractivity (Wildman–Crippen MR) is 86.7 cm³/mol. The molecule has 1 amide bonds. The number of hydrogen-bond acceptors (Lipinski definition) is 3. The molecule has 22 heavy (non-hydrogen) atoms. The highest BCUT2D eigenvalue weighted by Crippen LogP contribution is 2.13. The molecule has 2 aromatic rings. The van der Waals surface area contributed by atoms with E-state index >= 15 is 0 Å². The van der Waals surface area contributed by atoms with E-state index in [1.54, 1.807) is 6.20 Å². The van der Waals surface area contributed by atoms with E-state index in [9.17, 15) is 4.79 Å². The Hall–Kier alpha value is -2.11. The van der Waals surface area contributed by atoms with Gasteiger partial charge in [0.25, 0.3) is 0 Å². The zero-order valence-corrected chi connectivity index (χ0v) is 13.8. The van der Waals surface area contributed by atoms with Crippen LogP contribution in [0.25, 0.3) is 0 Å². The average Bonchev–Trinajstić information content (AvgIpc) is 3.02. The fraction of sp³-hybridized carbons (Fsp3) is 0.562. The Balaban J connectivity index is 2.02. The third-order valence-corrected chi connectivity index (χ3v) is 3.52. The molecule has 120 valence electrons. The number of hydrogen-bond donors (Lipinski definition) is 1. The molecule has 6 nitrogen and oxygen atoms in total. The lowest BCUT2D eigenvalue weighted by Crippen LogP contribution is -2.21. The van der Waals surface area contributed by atoms with Crippen LogP contribution < -0.4 is 5.32 Å². The van der Waals surface area contributed by atoms with Gasteiger partial charge in [0.15, 0.2) is 0 Å². The summed E-state index contributed by atoms with van der Waals surface area (Å²) in [5, 5.41) is 7.41. The van der Waals surface area contributed by atoms with Gasteiger partial charge in [-0.05, 0) is 19.3 Å². The first-order valence-electron chi connectivity index (χ1n) is 7.84. The molecule has 2 aromatic heterocycles. The fourth-order valence-corrected chi connectivity index (χ4v) is 2.33. The van der Waals surface area contributed by atoms with Crippen LogP contribution in [0.1, 0.15) is 38.7 Å². The number of aromatic nitrogens is 4. The molecule has 0 fully saturated rings. The van der Waals surface area contributed by atoms with Gasteiger partial charge < -0.3 is 9.88 Å². The molecule has 0 unspecified atom stereocenters. The number of amides is 1. The van der Waals surface area contributed by atoms with Crippen LogP contribution in [0.15, 0.2) is 18.5 Å². The van der Waals surface area contributed by atoms with E-state index in [2.05, 4.69) is 29.2 Å². The number of carbonyl (C=O) groups excluding carboxylic acids is 1. The molecule has 0 radical (unpaired) electrons. The molecule has 0 aliphatic heterocycles. The molecule has 6 heteroatoms. The maximum absolute atomic E-state index is 12.2. The molecule has 0 atom stereocenters. The molecular formula is C16H25N5O. The van der Waals surface area contributed by atoms with Crippen LogP contribution in [0, 0.1) is 12.8 Å². The number of anilines is 1. The summed E-state index contributed by atoms with van der Waals surface area (Å²) in [5.74, 6) is 2.23. The van der Waals surface area contributed by atoms with Crippen molar-refractivity contribution < 1.29 is 4.79 Å². The Kier molecular flexibility index (Phi) is 5.35. The van der Waals surface area contributed by atoms with Crippen LogP contribution in [0.5, 0.6) is 0 Å². The van der Waals surface area contributed by atoms with Crippen LogP contribution in [0.4, 0.5) is 5.82 Å². The van der Waals surface area contributed by atoms with Gasteiger partial charge in [-0.2, -0.15) is 5.10 Å². The number of nitrogens with one attached hydrogen (secondary N) is 1. The summed E-state index contributed by atoms with van der Waals surface area (Å²) in [4.78, 5) is 16.5. The molecule has 2 rings (SSSR count). The number of imidazole rings is 1. The van der Waals surface area contributed by atoms with Gasteiger partial charge in [-0.3, -0.25) is 4.79 Å². The van der Waals surface area contributed by atoms with Gasteiger partial charge in [0.1, 0.15) is 18.2 Å². The SMILES string of the molecule is CCc1nccn1CC(=O)Nc1cc(C)nn1CCC(C)C. The average molecular weight is 303 g/mol. The Bertz CT molecular complexity index is 626. The van der Waals surface area contributed by atoms with Gasteiger partial charge >= 0.3 is 0 Å². The molecule has 0 aliphatic carbocycles. The van der Waals surface area contributed by atoms with Gasteiger partial charge in [-0.15, -0.1) is 0 Å². The highest BCUT2D eigenvalue weighted by atomic mass is 16.2. The van der Waals surface area contributed by atoms with Crippen molar-refractivity contribution in [3.8, 4) is 0 Å². The third kappa shape index (κ3) is 4.19. The Labute approximate surface area is 131 Å². The molecule has 0 saturated carbocycles. The Morgan fingerprint density at radius 3 is 2.86 bits per heavy atom. The predicted octanol–water partition coefficient (Wildman–Crippen LogP) is 2.64. The fourth-order valence-electron chi connectivity index (χ4n) is 2.33. The second-order valence-corrected chi connectivity index (χ2v) is 5.95. The molecular weight excluding hydrogens is 278 g/mol. The molecule has 0 spiro atoms. The molecule has 1 N–H and O–H groups in total. The second-order valence-electron chi connectivity index (χ2n) is 5.95. The van der Waals surface area contributed by atoms with Crippen LogP contribution in [-0.4, -0.2) is 25.2 Å². The van der Waals surface area contributed by atoms with Crippen LogP contribution >= 0.6 is 0 Å². The Morgan fingerprint density at radius 2 is 2.18 bits per heavy atom. The van der Waals surface area contributed by atoms with Crippen LogP contribution in [-0.2, 0) is 24.3 Å². The summed E-state index contributed by atoms with van der Waals surface area (Å²) in [6.07, 6.45) is 5.40. The molecule has 0 bridgehead atoms. The summed E-state index contributed by atoms with van der Waals surface area (Å²) in [5.41, 5.74) is 0.913. The van der Waals surface area contributed by atoms with Crippen molar-refractivity contribution >= 4 is 11.7 Å². The highest BCUT2D eigenvalue weighted by Gasteiger charge is 2.11. The van der Waals surface area contributed by atoms with Gasteiger partial charge in [0, 0.05) is 31.4 Å². The maximum atomic E-state index is 12.2. The van der Waals surface area contributed by atoms with E-state index in [1.807, 2.05) is 35.4 Å². The number of aryl methyl sites for hydroxylation is 3. The standard InChI is InChI=1S/C16H25N5O/c1-5-14-17-7-9-20(14)11-16(22)18-15-10-13(4)19-21(15)8-6-12(2)3/h7,9-10,12H,5-6,8,11H2,1-4H3,(H,18,22). The smallest absolute Gasteiger partial charge is 0.245 e. The molecule has 0 aliphatic rings. The zero-order chi connectivity index (χ0) is 16.1. The van der Waals surface area contributed by atoms with E-state index in [1.165, 1.54) is 0 Å². The van der Waals surface area contributed by atoms with Crippen LogP contribution in [0.3, 0.4) is 0 Å². The van der Waals surface area contributed by atoms with Crippen molar-refractivity contribution in [1.29, 1.82) is 0 Å². The topological polar surface area (TPSA) is 64.7 Å². The van der Waals surface area contributed by atoms with Crippen molar-refractivity contribution in [3.05, 3.63) is 30.0 Å². The minimum Gasteiger partial charge on any atom is -0.326 e. The summed E-state index contributed by atoms with van der Waals surface area (Å²) < 4.78 is 3.75. The maximum Gasteiger partial charge on any atom is 0.245 e. The first kappa shape index (κ1) is 16.3. The number of carbonyl (C=O) groups is 1. The largest absolute Gasteiger partial charge is 0.326 e. The van der Waals surface area contributed by atoms with Gasteiger partial charge in [0.05, 0.1) is 5.69 Å². The van der Waals surface area contributed by atoms with E-state index in [-0.39, 0.29) is 12.5 Å². The first-order chi connectivity index (χ1) is 10.5. The summed E-state index contributed by atoms with van der Waals surface area (Å²) in [7, 11) is 0. The van der Waals surface area contributed by atoms with Gasteiger partial charge in [-0.25, -0.2) is 9.67 Å². The molecule has 0 aromatic carbocycles. The number of rotatable bonds is 7. The van der Waals surface area contributed by atoms with Crippen LogP contribution in [0.2, 0.25) is 0 Å². The normalized spacial score (nSPS) is 11.1. The van der Waals surface area contributed by atoms with Crippen molar-refractivity contribution in [2.75, 3.05) is 5.32 Å². The second kappa shape index (κ2) is 7.24. The summed E-state index contributed by atoms with van der Waals surface area (Å²) in [6.45, 7) is 9.41. The van der Waals surface area contributed by atoms with Crippen molar-refractivity contribution in [1.82, 2.24) is 19.3 Å². The zero-order valence-electron chi connectivity index (χ0n) is 13.8. The summed E-state index contributed by atoms with van der Waals surface area (Å²) >= 11 is 0. The quantitative estimate of drug-likeness (QED) is 0.855. The van der Waals surface area contributed by atoms with E-state index in [0.717, 1.165) is 36.7 Å². The summed E-state index contributed by atoms with van der Waals surface area (Å²) in [6, 6.07) is 1.91. The van der Waals surface area contributed by atoms with E-state index in [4.69, 9.17) is 0 Å². The highest BCUT2D eigenvalue weighted by molar-refractivity contribution is 5.89. The lowest BCUT2D eigenvalue weighted by atomic mass is 10.1. The third-order valence-electron chi connectivity index (χ3n) is 3.52. The van der Waals surface area contributed by atoms with Crippen molar-refractivity contribution in [3.63, 3.8) is 0 Å².